The molecule has 0 N–H and O–H groups in total. The van der Waals surface area contributed by atoms with Gasteiger partial charge in [-0.25, -0.2) is 0 Å². The maximum atomic E-state index is 4.51. The summed E-state index contributed by atoms with van der Waals surface area (Å²) >= 11 is 1.83. The predicted molar refractivity (Wildman–Crippen MR) is 158 cm³/mol. The summed E-state index contributed by atoms with van der Waals surface area (Å²) in [6, 6.07) is 45.7. The molecule has 0 radical (unpaired) electrons. The molecule has 6 aromatic carbocycles. The highest BCUT2D eigenvalue weighted by Gasteiger charge is 2.16. The maximum absolute atomic E-state index is 4.51. The molecular formula is C35H23NS. The number of rotatable bonds is 4. The fourth-order valence-corrected chi connectivity index (χ4v) is 6.29. The number of hydrogen-bond donors (Lipinski definition) is 0. The number of pyridine rings is 1. The standard InChI is InChI=1S/C35H23NS/c1-2-9-26(10-3-1)34-30-12-6-7-13-31(30)35(32-20-21-36-23-33(32)34)37-29-18-16-25(17-19-29)28-15-14-24-8-4-5-11-27(24)22-28/h1-23H. The second kappa shape index (κ2) is 9.24. The van der Waals surface area contributed by atoms with Crippen LogP contribution in [0.3, 0.4) is 0 Å². The van der Waals surface area contributed by atoms with Crippen LogP contribution in [0.1, 0.15) is 0 Å². The number of fused-ring (bicyclic) bond motifs is 3. The Morgan fingerprint density at radius 3 is 1.97 bits per heavy atom. The SMILES string of the molecule is c1ccc(-c2c3ccccc3c(Sc3ccc(-c4ccc5ccccc5c4)cc3)c3ccncc23)cc1. The Morgan fingerprint density at radius 1 is 0.459 bits per heavy atom. The molecule has 1 heterocycles. The monoisotopic (exact) mass is 489 g/mol. The van der Waals surface area contributed by atoms with E-state index in [4.69, 9.17) is 0 Å². The molecule has 7 rings (SSSR count). The molecule has 1 aromatic heterocycles. The van der Waals surface area contributed by atoms with Gasteiger partial charge in [-0.05, 0) is 73.5 Å². The molecule has 0 saturated heterocycles. The third-order valence-electron chi connectivity index (χ3n) is 7.00. The highest BCUT2D eigenvalue weighted by atomic mass is 32.2. The van der Waals surface area contributed by atoms with Gasteiger partial charge in [0.2, 0.25) is 0 Å². The van der Waals surface area contributed by atoms with Gasteiger partial charge in [0.1, 0.15) is 0 Å². The summed E-state index contributed by atoms with van der Waals surface area (Å²) < 4.78 is 0. The predicted octanol–water partition coefficient (Wildman–Crippen LogP) is 10.0. The van der Waals surface area contributed by atoms with Crippen LogP contribution in [-0.4, -0.2) is 4.98 Å². The zero-order valence-corrected chi connectivity index (χ0v) is 21.0. The van der Waals surface area contributed by atoms with E-state index in [1.165, 1.54) is 64.4 Å². The van der Waals surface area contributed by atoms with Gasteiger partial charge in [0.05, 0.1) is 0 Å². The Bertz CT molecular complexity index is 1830. The first-order valence-corrected chi connectivity index (χ1v) is 13.3. The van der Waals surface area contributed by atoms with Gasteiger partial charge in [-0.3, -0.25) is 4.98 Å². The fourth-order valence-electron chi connectivity index (χ4n) is 5.21. The first-order chi connectivity index (χ1) is 18.3. The minimum atomic E-state index is 1.18. The third-order valence-corrected chi connectivity index (χ3v) is 8.15. The molecule has 0 bridgehead atoms. The van der Waals surface area contributed by atoms with Crippen molar-refractivity contribution in [2.45, 2.75) is 9.79 Å². The van der Waals surface area contributed by atoms with Crippen LogP contribution in [0.4, 0.5) is 0 Å². The van der Waals surface area contributed by atoms with E-state index in [0.717, 1.165) is 0 Å². The maximum Gasteiger partial charge on any atom is 0.0353 e. The van der Waals surface area contributed by atoms with E-state index in [1.807, 2.05) is 24.2 Å². The first-order valence-electron chi connectivity index (χ1n) is 12.5. The number of benzene rings is 6. The molecule has 1 nitrogen and oxygen atoms in total. The molecular weight excluding hydrogens is 466 g/mol. The van der Waals surface area contributed by atoms with Crippen molar-refractivity contribution in [2.75, 3.05) is 0 Å². The lowest BCUT2D eigenvalue weighted by atomic mass is 9.93. The largest absolute Gasteiger partial charge is 0.264 e. The van der Waals surface area contributed by atoms with Crippen LogP contribution in [0.25, 0.3) is 54.6 Å². The summed E-state index contributed by atoms with van der Waals surface area (Å²) in [7, 11) is 0. The Kier molecular flexibility index (Phi) is 5.45. The first kappa shape index (κ1) is 21.8. The smallest absolute Gasteiger partial charge is 0.0353 e. The molecule has 0 saturated carbocycles. The summed E-state index contributed by atoms with van der Waals surface area (Å²) in [5.41, 5.74) is 4.93. The number of nitrogens with zero attached hydrogens (tertiary/aromatic N) is 1. The summed E-state index contributed by atoms with van der Waals surface area (Å²) in [5.74, 6) is 0. The van der Waals surface area contributed by atoms with Crippen molar-refractivity contribution < 1.29 is 0 Å². The zero-order valence-electron chi connectivity index (χ0n) is 20.1. The van der Waals surface area contributed by atoms with Gasteiger partial charge < -0.3 is 0 Å². The molecule has 0 amide bonds. The van der Waals surface area contributed by atoms with Gasteiger partial charge in [-0.15, -0.1) is 0 Å². The Labute approximate surface area is 220 Å². The molecule has 0 aliphatic carbocycles. The number of hydrogen-bond acceptors (Lipinski definition) is 2. The van der Waals surface area contributed by atoms with Crippen LogP contribution < -0.4 is 0 Å². The van der Waals surface area contributed by atoms with E-state index < -0.39 is 0 Å². The quantitative estimate of drug-likeness (QED) is 0.228. The van der Waals surface area contributed by atoms with E-state index in [1.54, 1.807) is 0 Å². The molecule has 174 valence electrons. The van der Waals surface area contributed by atoms with E-state index in [2.05, 4.69) is 132 Å². The van der Waals surface area contributed by atoms with E-state index >= 15 is 0 Å². The molecule has 0 aliphatic heterocycles. The van der Waals surface area contributed by atoms with Crippen molar-refractivity contribution in [3.8, 4) is 22.3 Å². The van der Waals surface area contributed by atoms with Crippen molar-refractivity contribution in [1.82, 2.24) is 4.98 Å². The molecule has 0 atom stereocenters. The summed E-state index contributed by atoms with van der Waals surface area (Å²) in [4.78, 5) is 7.00. The van der Waals surface area contributed by atoms with E-state index in [9.17, 15) is 0 Å². The van der Waals surface area contributed by atoms with Crippen LogP contribution in [-0.2, 0) is 0 Å². The molecule has 2 heteroatoms. The Hall–Kier alpha value is -4.40. The van der Waals surface area contributed by atoms with Crippen molar-refractivity contribution in [3.63, 3.8) is 0 Å². The van der Waals surface area contributed by atoms with E-state index in [0.29, 0.717) is 0 Å². The topological polar surface area (TPSA) is 12.9 Å². The Balaban J connectivity index is 1.33. The molecule has 0 fully saturated rings. The summed E-state index contributed by atoms with van der Waals surface area (Å²) in [6.07, 6.45) is 3.91. The van der Waals surface area contributed by atoms with Crippen LogP contribution in [0, 0.1) is 0 Å². The Morgan fingerprint density at radius 2 is 1.14 bits per heavy atom. The molecule has 0 unspecified atom stereocenters. The van der Waals surface area contributed by atoms with Gasteiger partial charge in [0.15, 0.2) is 0 Å². The average molecular weight is 490 g/mol. The minimum absolute atomic E-state index is 1.18. The minimum Gasteiger partial charge on any atom is -0.264 e. The molecule has 7 aromatic rings. The lowest BCUT2D eigenvalue weighted by Gasteiger charge is -2.16. The summed E-state index contributed by atoms with van der Waals surface area (Å²) in [5, 5.41) is 7.47. The average Bonchev–Trinajstić information content (AvgIpc) is 2.98. The molecule has 0 spiro atoms. The van der Waals surface area contributed by atoms with Crippen LogP contribution in [0.5, 0.6) is 0 Å². The number of aromatic nitrogens is 1. The van der Waals surface area contributed by atoms with Crippen molar-refractivity contribution in [1.29, 1.82) is 0 Å². The van der Waals surface area contributed by atoms with Gasteiger partial charge >= 0.3 is 0 Å². The van der Waals surface area contributed by atoms with Crippen LogP contribution in [0.15, 0.2) is 150 Å². The highest BCUT2D eigenvalue weighted by Crippen LogP contribution is 2.45. The van der Waals surface area contributed by atoms with Gasteiger partial charge in [0.25, 0.3) is 0 Å². The van der Waals surface area contributed by atoms with Gasteiger partial charge in [0, 0.05) is 27.6 Å². The zero-order chi connectivity index (χ0) is 24.6. The van der Waals surface area contributed by atoms with Crippen molar-refractivity contribution in [3.05, 3.63) is 140 Å². The lowest BCUT2D eigenvalue weighted by Crippen LogP contribution is -1.90. The molecule has 37 heavy (non-hydrogen) atoms. The van der Waals surface area contributed by atoms with Gasteiger partial charge in [-0.2, -0.15) is 0 Å². The lowest BCUT2D eigenvalue weighted by molar-refractivity contribution is 1.36. The normalized spacial score (nSPS) is 11.4. The van der Waals surface area contributed by atoms with Gasteiger partial charge in [-0.1, -0.05) is 115 Å². The second-order valence-corrected chi connectivity index (χ2v) is 10.3. The fraction of sp³-hybridized carbons (Fsp3) is 0. The molecule has 0 aliphatic rings. The third kappa shape index (κ3) is 3.96. The van der Waals surface area contributed by atoms with Crippen molar-refractivity contribution in [2.24, 2.45) is 0 Å². The second-order valence-electron chi connectivity index (χ2n) is 9.23. The van der Waals surface area contributed by atoms with Crippen molar-refractivity contribution >= 4 is 44.1 Å². The highest BCUT2D eigenvalue weighted by molar-refractivity contribution is 7.99. The van der Waals surface area contributed by atoms with Crippen LogP contribution in [0.2, 0.25) is 0 Å². The summed E-state index contributed by atoms with van der Waals surface area (Å²) in [6.45, 7) is 0. The van der Waals surface area contributed by atoms with Crippen LogP contribution >= 0.6 is 11.8 Å². The van der Waals surface area contributed by atoms with E-state index in [-0.39, 0.29) is 0 Å².